The van der Waals surface area contributed by atoms with Crippen molar-refractivity contribution in [2.75, 3.05) is 18.2 Å². The standard InChI is InChI=1S/C17H16ClN3O2S/c1-10-7-14(15(23-2)8-11(10)18)19-16(22)9-24-17-20-12-5-3-4-6-13(12)21-17/h3-8H,9H2,1-2H3,(H,19,22)(H,20,21). The van der Waals surface area contributed by atoms with Gasteiger partial charge < -0.3 is 15.0 Å². The lowest BCUT2D eigenvalue weighted by atomic mass is 10.2. The molecule has 0 bridgehead atoms. The van der Waals surface area contributed by atoms with Crippen LogP contribution >= 0.6 is 23.4 Å². The number of amides is 1. The summed E-state index contributed by atoms with van der Waals surface area (Å²) in [7, 11) is 1.54. The van der Waals surface area contributed by atoms with Crippen LogP contribution in [0.15, 0.2) is 41.6 Å². The van der Waals surface area contributed by atoms with Gasteiger partial charge in [-0.05, 0) is 30.7 Å². The van der Waals surface area contributed by atoms with Crippen molar-refractivity contribution in [1.29, 1.82) is 0 Å². The number of hydrogen-bond donors (Lipinski definition) is 2. The smallest absolute Gasteiger partial charge is 0.234 e. The summed E-state index contributed by atoms with van der Waals surface area (Å²) in [5, 5.41) is 4.16. The molecule has 0 aliphatic heterocycles. The van der Waals surface area contributed by atoms with Gasteiger partial charge in [0, 0.05) is 11.1 Å². The number of carbonyl (C=O) groups excluding carboxylic acids is 1. The SMILES string of the molecule is COc1cc(Cl)c(C)cc1NC(=O)CSc1nc2ccccc2[nH]1. The van der Waals surface area contributed by atoms with Gasteiger partial charge in [-0.15, -0.1) is 0 Å². The predicted octanol–water partition coefficient (Wildman–Crippen LogP) is 4.26. The predicted molar refractivity (Wildman–Crippen MR) is 98.2 cm³/mol. The van der Waals surface area contributed by atoms with E-state index in [1.165, 1.54) is 11.8 Å². The number of thioether (sulfide) groups is 1. The molecular formula is C17H16ClN3O2S. The van der Waals surface area contributed by atoms with E-state index in [4.69, 9.17) is 16.3 Å². The molecule has 0 aliphatic rings. The number of ether oxygens (including phenoxy) is 1. The van der Waals surface area contributed by atoms with Gasteiger partial charge in [-0.25, -0.2) is 4.98 Å². The van der Waals surface area contributed by atoms with Gasteiger partial charge in [-0.2, -0.15) is 0 Å². The average Bonchev–Trinajstić information content (AvgIpc) is 2.99. The number of fused-ring (bicyclic) bond motifs is 1. The molecule has 3 aromatic rings. The van der Waals surface area contributed by atoms with E-state index in [9.17, 15) is 4.79 Å². The van der Waals surface area contributed by atoms with E-state index >= 15 is 0 Å². The fourth-order valence-corrected chi connectivity index (χ4v) is 3.09. The molecule has 1 amide bonds. The molecule has 0 unspecified atom stereocenters. The van der Waals surface area contributed by atoms with Gasteiger partial charge in [0.1, 0.15) is 5.75 Å². The first-order chi connectivity index (χ1) is 11.6. The van der Waals surface area contributed by atoms with Gasteiger partial charge in [-0.1, -0.05) is 35.5 Å². The van der Waals surface area contributed by atoms with Crippen molar-refractivity contribution < 1.29 is 9.53 Å². The molecular weight excluding hydrogens is 346 g/mol. The van der Waals surface area contributed by atoms with Gasteiger partial charge >= 0.3 is 0 Å². The van der Waals surface area contributed by atoms with Crippen LogP contribution in [0.5, 0.6) is 5.75 Å². The van der Waals surface area contributed by atoms with Gasteiger partial charge in [-0.3, -0.25) is 4.79 Å². The molecule has 5 nitrogen and oxygen atoms in total. The zero-order chi connectivity index (χ0) is 17.1. The largest absolute Gasteiger partial charge is 0.495 e. The monoisotopic (exact) mass is 361 g/mol. The molecule has 0 radical (unpaired) electrons. The first-order valence-corrected chi connectivity index (χ1v) is 8.64. The highest BCUT2D eigenvalue weighted by Gasteiger charge is 2.12. The summed E-state index contributed by atoms with van der Waals surface area (Å²) in [4.78, 5) is 19.8. The van der Waals surface area contributed by atoms with E-state index in [0.717, 1.165) is 16.6 Å². The molecule has 3 rings (SSSR count). The van der Waals surface area contributed by atoms with Crippen LogP contribution in [-0.4, -0.2) is 28.7 Å². The third kappa shape index (κ3) is 3.66. The molecule has 24 heavy (non-hydrogen) atoms. The number of carbonyl (C=O) groups is 1. The summed E-state index contributed by atoms with van der Waals surface area (Å²) < 4.78 is 5.26. The molecule has 0 saturated heterocycles. The van der Waals surface area contributed by atoms with Crippen LogP contribution in [0.1, 0.15) is 5.56 Å². The van der Waals surface area contributed by atoms with Crippen molar-refractivity contribution in [3.8, 4) is 5.75 Å². The second kappa shape index (κ2) is 7.15. The summed E-state index contributed by atoms with van der Waals surface area (Å²) >= 11 is 7.42. The lowest BCUT2D eigenvalue weighted by Gasteiger charge is -2.12. The van der Waals surface area contributed by atoms with E-state index in [1.54, 1.807) is 19.2 Å². The Labute approximate surface area is 148 Å². The number of para-hydroxylation sites is 2. The Bertz CT molecular complexity index is 862. The molecule has 0 atom stereocenters. The van der Waals surface area contributed by atoms with Gasteiger partial charge in [0.2, 0.25) is 5.91 Å². The number of halogens is 1. The Morgan fingerprint density at radius 1 is 1.38 bits per heavy atom. The number of anilines is 1. The maximum absolute atomic E-state index is 12.2. The van der Waals surface area contributed by atoms with Crippen LogP contribution in [0, 0.1) is 6.92 Å². The average molecular weight is 362 g/mol. The molecule has 0 fully saturated rings. The topological polar surface area (TPSA) is 67.0 Å². The Hall–Kier alpha value is -2.18. The quantitative estimate of drug-likeness (QED) is 0.666. The minimum Gasteiger partial charge on any atom is -0.495 e. The minimum absolute atomic E-state index is 0.138. The molecule has 1 aromatic heterocycles. The van der Waals surface area contributed by atoms with Crippen molar-refractivity contribution in [2.24, 2.45) is 0 Å². The number of nitrogens with zero attached hydrogens (tertiary/aromatic N) is 1. The van der Waals surface area contributed by atoms with Gasteiger partial charge in [0.15, 0.2) is 5.16 Å². The Morgan fingerprint density at radius 3 is 2.92 bits per heavy atom. The Morgan fingerprint density at radius 2 is 2.17 bits per heavy atom. The number of methoxy groups -OCH3 is 1. The lowest BCUT2D eigenvalue weighted by molar-refractivity contribution is -0.113. The number of rotatable bonds is 5. The van der Waals surface area contributed by atoms with Crippen molar-refractivity contribution in [2.45, 2.75) is 12.1 Å². The molecule has 0 saturated carbocycles. The second-order valence-corrected chi connectivity index (χ2v) is 6.57. The number of nitrogens with one attached hydrogen (secondary N) is 2. The van der Waals surface area contributed by atoms with Crippen LogP contribution in [0.4, 0.5) is 5.69 Å². The summed E-state index contributed by atoms with van der Waals surface area (Å²) in [6, 6.07) is 11.2. The fourth-order valence-electron chi connectivity index (χ4n) is 2.25. The van der Waals surface area contributed by atoms with Gasteiger partial charge in [0.25, 0.3) is 0 Å². The number of H-pyrrole nitrogens is 1. The summed E-state index contributed by atoms with van der Waals surface area (Å²) in [6.45, 7) is 1.88. The van der Waals surface area contributed by atoms with Crippen LogP contribution in [-0.2, 0) is 4.79 Å². The highest BCUT2D eigenvalue weighted by molar-refractivity contribution is 7.99. The van der Waals surface area contributed by atoms with Crippen LogP contribution in [0.25, 0.3) is 11.0 Å². The van der Waals surface area contributed by atoms with E-state index in [0.29, 0.717) is 21.6 Å². The zero-order valence-electron chi connectivity index (χ0n) is 13.2. The first-order valence-electron chi connectivity index (χ1n) is 7.28. The fraction of sp³-hybridized carbons (Fsp3) is 0.176. The van der Waals surface area contributed by atoms with Crippen molar-refractivity contribution in [1.82, 2.24) is 9.97 Å². The highest BCUT2D eigenvalue weighted by Crippen LogP contribution is 2.31. The normalized spacial score (nSPS) is 10.8. The zero-order valence-corrected chi connectivity index (χ0v) is 14.8. The number of benzene rings is 2. The Balaban J connectivity index is 1.66. The summed E-state index contributed by atoms with van der Waals surface area (Å²) in [6.07, 6.45) is 0. The van der Waals surface area contributed by atoms with Crippen LogP contribution in [0.3, 0.4) is 0 Å². The molecule has 2 aromatic carbocycles. The maximum Gasteiger partial charge on any atom is 0.234 e. The molecule has 124 valence electrons. The van der Waals surface area contributed by atoms with Crippen LogP contribution < -0.4 is 10.1 Å². The highest BCUT2D eigenvalue weighted by atomic mass is 35.5. The molecule has 0 aliphatic carbocycles. The number of imidazole rings is 1. The maximum atomic E-state index is 12.2. The van der Waals surface area contributed by atoms with E-state index in [1.807, 2.05) is 31.2 Å². The lowest BCUT2D eigenvalue weighted by Crippen LogP contribution is -2.15. The van der Waals surface area contributed by atoms with E-state index in [-0.39, 0.29) is 11.7 Å². The number of aromatic nitrogens is 2. The number of aromatic amines is 1. The third-order valence-corrected chi connectivity index (χ3v) is 4.74. The van der Waals surface area contributed by atoms with Crippen molar-refractivity contribution in [3.63, 3.8) is 0 Å². The number of hydrogen-bond acceptors (Lipinski definition) is 4. The van der Waals surface area contributed by atoms with Crippen LogP contribution in [0.2, 0.25) is 5.02 Å². The van der Waals surface area contributed by atoms with Crippen molar-refractivity contribution in [3.05, 3.63) is 47.0 Å². The molecule has 0 spiro atoms. The molecule has 1 heterocycles. The summed E-state index contributed by atoms with van der Waals surface area (Å²) in [5.41, 5.74) is 3.32. The van der Waals surface area contributed by atoms with Gasteiger partial charge in [0.05, 0.1) is 29.6 Å². The second-order valence-electron chi connectivity index (χ2n) is 5.20. The number of aryl methyl sites for hydroxylation is 1. The molecule has 2 N–H and O–H groups in total. The Kier molecular flexibility index (Phi) is 4.97. The molecule has 7 heteroatoms. The third-order valence-electron chi connectivity index (χ3n) is 3.46. The summed E-state index contributed by atoms with van der Waals surface area (Å²) in [5.74, 6) is 0.637. The van der Waals surface area contributed by atoms with E-state index in [2.05, 4.69) is 15.3 Å². The first kappa shape index (κ1) is 16.7. The minimum atomic E-state index is -0.138. The van der Waals surface area contributed by atoms with E-state index < -0.39 is 0 Å². The van der Waals surface area contributed by atoms with Crippen molar-refractivity contribution >= 4 is 46.0 Å².